The summed E-state index contributed by atoms with van der Waals surface area (Å²) in [6.07, 6.45) is 1.15. The van der Waals surface area contributed by atoms with Gasteiger partial charge in [0.15, 0.2) is 0 Å². The van der Waals surface area contributed by atoms with Crippen molar-refractivity contribution >= 4 is 50.5 Å². The molecule has 9 heteroatoms. The molecule has 0 aromatic heterocycles. The summed E-state index contributed by atoms with van der Waals surface area (Å²) in [5, 5.41) is 0.626. The predicted octanol–water partition coefficient (Wildman–Crippen LogP) is 3.93. The van der Waals surface area contributed by atoms with Crippen LogP contribution in [0, 0.1) is 0 Å². The number of amides is 1. The Morgan fingerprint density at radius 3 is 2.38 bits per heavy atom. The average molecular weight is 415 g/mol. The number of nitrogens with one attached hydrogen (secondary N) is 1. The number of sulfonamides is 1. The maximum atomic E-state index is 12.7. The molecule has 1 aliphatic heterocycles. The standard InChI is InChI=1S/C17H16Cl2N2O4S/c1-25-16-5-4-14(10-15(16)21-6-2-3-17(21)22)26(23,24)20-13-8-11(18)7-12(19)9-13/h4-5,7-10,20H,2-3,6H2,1H3. The molecule has 2 aromatic rings. The van der Waals surface area contributed by atoms with Crippen LogP contribution in [0.1, 0.15) is 12.8 Å². The van der Waals surface area contributed by atoms with Crippen LogP contribution in [-0.2, 0) is 14.8 Å². The highest BCUT2D eigenvalue weighted by molar-refractivity contribution is 7.92. The van der Waals surface area contributed by atoms with Crippen LogP contribution in [0.4, 0.5) is 11.4 Å². The highest BCUT2D eigenvalue weighted by Crippen LogP contribution is 2.34. The maximum Gasteiger partial charge on any atom is 0.261 e. The number of benzene rings is 2. The van der Waals surface area contributed by atoms with Crippen LogP contribution in [0.2, 0.25) is 10.0 Å². The number of carbonyl (C=O) groups excluding carboxylic acids is 1. The van der Waals surface area contributed by atoms with Crippen LogP contribution in [-0.4, -0.2) is 28.0 Å². The number of hydrogen-bond donors (Lipinski definition) is 1. The van der Waals surface area contributed by atoms with Crippen LogP contribution in [0.3, 0.4) is 0 Å². The smallest absolute Gasteiger partial charge is 0.261 e. The Kier molecular flexibility index (Phi) is 5.32. The lowest BCUT2D eigenvalue weighted by Crippen LogP contribution is -2.24. The number of anilines is 2. The molecule has 1 heterocycles. The molecule has 0 saturated carbocycles. The van der Waals surface area contributed by atoms with Gasteiger partial charge < -0.3 is 9.64 Å². The molecule has 1 saturated heterocycles. The van der Waals surface area contributed by atoms with Gasteiger partial charge >= 0.3 is 0 Å². The SMILES string of the molecule is COc1ccc(S(=O)(=O)Nc2cc(Cl)cc(Cl)c2)cc1N1CCCC1=O. The molecule has 0 radical (unpaired) electrons. The minimum absolute atomic E-state index is 0.00379. The van der Waals surface area contributed by atoms with Gasteiger partial charge in [-0.05, 0) is 42.8 Å². The van der Waals surface area contributed by atoms with Crippen molar-refractivity contribution < 1.29 is 17.9 Å². The fraction of sp³-hybridized carbons (Fsp3) is 0.235. The van der Waals surface area contributed by atoms with Crippen LogP contribution < -0.4 is 14.4 Å². The van der Waals surface area contributed by atoms with Gasteiger partial charge in [-0.3, -0.25) is 9.52 Å². The molecule has 1 fully saturated rings. The van der Waals surface area contributed by atoms with Crippen molar-refractivity contribution in [2.24, 2.45) is 0 Å². The molecule has 3 rings (SSSR count). The summed E-state index contributed by atoms with van der Waals surface area (Å²) in [5.74, 6) is 0.373. The van der Waals surface area contributed by atoms with Gasteiger partial charge in [-0.25, -0.2) is 8.42 Å². The third kappa shape index (κ3) is 3.90. The van der Waals surface area contributed by atoms with E-state index in [9.17, 15) is 13.2 Å². The first kappa shape index (κ1) is 18.8. The van der Waals surface area contributed by atoms with Crippen LogP contribution in [0.5, 0.6) is 5.75 Å². The first-order valence-corrected chi connectivity index (χ1v) is 10.0. The van der Waals surface area contributed by atoms with Gasteiger partial charge in [0.1, 0.15) is 5.75 Å². The number of carbonyl (C=O) groups is 1. The lowest BCUT2D eigenvalue weighted by Gasteiger charge is -2.20. The Balaban J connectivity index is 1.98. The molecule has 1 aliphatic rings. The van der Waals surface area contributed by atoms with E-state index in [4.69, 9.17) is 27.9 Å². The molecule has 1 N–H and O–H groups in total. The van der Waals surface area contributed by atoms with E-state index in [1.54, 1.807) is 0 Å². The van der Waals surface area contributed by atoms with Crippen molar-refractivity contribution in [3.8, 4) is 5.75 Å². The number of halogens is 2. The van der Waals surface area contributed by atoms with Gasteiger partial charge in [-0.2, -0.15) is 0 Å². The maximum absolute atomic E-state index is 12.7. The van der Waals surface area contributed by atoms with Crippen LogP contribution in [0.15, 0.2) is 41.3 Å². The molecule has 0 unspecified atom stereocenters. The summed E-state index contributed by atoms with van der Waals surface area (Å²) in [6, 6.07) is 8.79. The van der Waals surface area contributed by atoms with Gasteiger partial charge in [0.05, 0.1) is 23.4 Å². The molecule has 1 amide bonds. The van der Waals surface area contributed by atoms with E-state index in [0.29, 0.717) is 34.4 Å². The highest BCUT2D eigenvalue weighted by Gasteiger charge is 2.26. The molecule has 0 aliphatic carbocycles. The zero-order valence-corrected chi connectivity index (χ0v) is 16.2. The lowest BCUT2D eigenvalue weighted by molar-refractivity contribution is -0.117. The van der Waals surface area contributed by atoms with Gasteiger partial charge in [0.2, 0.25) is 5.91 Å². The Hall–Kier alpha value is -1.96. The third-order valence-electron chi connectivity index (χ3n) is 3.94. The number of ether oxygens (including phenoxy) is 1. The van der Waals surface area contributed by atoms with E-state index in [-0.39, 0.29) is 16.5 Å². The van der Waals surface area contributed by atoms with Gasteiger partial charge in [0, 0.05) is 23.0 Å². The third-order valence-corrected chi connectivity index (χ3v) is 5.76. The first-order valence-electron chi connectivity index (χ1n) is 7.77. The summed E-state index contributed by atoms with van der Waals surface area (Å²) in [5.41, 5.74) is 0.680. The van der Waals surface area contributed by atoms with Crippen LogP contribution in [0.25, 0.3) is 0 Å². The quantitative estimate of drug-likeness (QED) is 0.803. The molecular weight excluding hydrogens is 399 g/mol. The van der Waals surface area contributed by atoms with Gasteiger partial charge in [-0.15, -0.1) is 0 Å². The van der Waals surface area contributed by atoms with Crippen molar-refractivity contribution in [3.05, 3.63) is 46.4 Å². The van der Waals surface area contributed by atoms with Crippen molar-refractivity contribution in [2.45, 2.75) is 17.7 Å². The molecule has 138 valence electrons. The molecule has 0 atom stereocenters. The summed E-state index contributed by atoms with van der Waals surface area (Å²) in [6.45, 7) is 0.524. The van der Waals surface area contributed by atoms with Gasteiger partial charge in [0.25, 0.3) is 10.0 Å². The molecular formula is C17H16Cl2N2O4S. The number of hydrogen-bond acceptors (Lipinski definition) is 4. The van der Waals surface area contributed by atoms with Gasteiger partial charge in [-0.1, -0.05) is 23.2 Å². The Bertz CT molecular complexity index is 943. The van der Waals surface area contributed by atoms with Crippen molar-refractivity contribution in [3.63, 3.8) is 0 Å². The largest absolute Gasteiger partial charge is 0.495 e. The number of methoxy groups -OCH3 is 1. The van der Waals surface area contributed by atoms with E-state index < -0.39 is 10.0 Å². The van der Waals surface area contributed by atoms with Crippen molar-refractivity contribution in [1.82, 2.24) is 0 Å². The summed E-state index contributed by atoms with van der Waals surface area (Å²) in [4.78, 5) is 13.6. The zero-order valence-electron chi connectivity index (χ0n) is 13.8. The Labute approximate surface area is 161 Å². The van der Waals surface area contributed by atoms with Crippen molar-refractivity contribution in [1.29, 1.82) is 0 Å². The monoisotopic (exact) mass is 414 g/mol. The fourth-order valence-electron chi connectivity index (χ4n) is 2.78. The zero-order chi connectivity index (χ0) is 18.9. The molecule has 2 aromatic carbocycles. The number of nitrogens with zero attached hydrogens (tertiary/aromatic N) is 1. The molecule has 0 spiro atoms. The lowest BCUT2D eigenvalue weighted by atomic mass is 10.2. The van der Waals surface area contributed by atoms with Crippen LogP contribution >= 0.6 is 23.2 Å². The molecule has 0 bridgehead atoms. The second-order valence-corrected chi connectivity index (χ2v) is 8.30. The predicted molar refractivity (Wildman–Crippen MR) is 102 cm³/mol. The first-order chi connectivity index (χ1) is 12.3. The minimum atomic E-state index is -3.90. The normalized spacial score (nSPS) is 14.6. The summed E-state index contributed by atoms with van der Waals surface area (Å²) >= 11 is 11.8. The number of rotatable bonds is 5. The van der Waals surface area contributed by atoms with E-state index in [1.807, 2.05) is 0 Å². The summed E-state index contributed by atoms with van der Waals surface area (Å²) < 4.78 is 33.2. The fourth-order valence-corrected chi connectivity index (χ4v) is 4.36. The van der Waals surface area contributed by atoms with Crippen molar-refractivity contribution in [2.75, 3.05) is 23.3 Å². The molecule has 6 nitrogen and oxygen atoms in total. The average Bonchev–Trinajstić information content (AvgIpc) is 2.98. The minimum Gasteiger partial charge on any atom is -0.495 e. The second-order valence-electron chi connectivity index (χ2n) is 5.75. The topological polar surface area (TPSA) is 75.7 Å². The van der Waals surface area contributed by atoms with E-state index >= 15 is 0 Å². The van der Waals surface area contributed by atoms with E-state index in [1.165, 1.54) is 48.4 Å². The Morgan fingerprint density at radius 1 is 1.12 bits per heavy atom. The van der Waals surface area contributed by atoms with E-state index in [2.05, 4.69) is 4.72 Å². The Morgan fingerprint density at radius 2 is 1.81 bits per heavy atom. The molecule has 26 heavy (non-hydrogen) atoms. The highest BCUT2D eigenvalue weighted by atomic mass is 35.5. The summed E-state index contributed by atoms with van der Waals surface area (Å²) in [7, 11) is -2.43. The van der Waals surface area contributed by atoms with E-state index in [0.717, 1.165) is 6.42 Å². The second kappa shape index (κ2) is 7.34.